The lowest BCUT2D eigenvalue weighted by molar-refractivity contribution is -0.127. The zero-order valence-electron chi connectivity index (χ0n) is 14.8. The van der Waals surface area contributed by atoms with Gasteiger partial charge >= 0.3 is 0 Å². The number of nitrogens with zero attached hydrogens (tertiary/aromatic N) is 1. The molecule has 0 saturated carbocycles. The lowest BCUT2D eigenvalue weighted by Crippen LogP contribution is -2.34. The largest absolute Gasteiger partial charge is 0.338 e. The minimum atomic E-state index is -0.477. The predicted octanol–water partition coefficient (Wildman–Crippen LogP) is 4.38. The molecule has 136 valence electrons. The van der Waals surface area contributed by atoms with Gasteiger partial charge in [-0.3, -0.25) is 9.59 Å². The van der Waals surface area contributed by atoms with Crippen LogP contribution in [0.5, 0.6) is 0 Å². The first-order valence-corrected chi connectivity index (χ1v) is 9.35. The molecule has 0 spiro atoms. The Morgan fingerprint density at radius 2 is 1.92 bits per heavy atom. The van der Waals surface area contributed by atoms with E-state index >= 15 is 0 Å². The number of hydrogen-bond acceptors (Lipinski definition) is 3. The van der Waals surface area contributed by atoms with Crippen LogP contribution in [0.1, 0.15) is 22.8 Å². The summed E-state index contributed by atoms with van der Waals surface area (Å²) in [5.41, 5.74) is 1.49. The highest BCUT2D eigenvalue weighted by Gasteiger charge is 2.14. The van der Waals surface area contributed by atoms with Crippen LogP contribution in [0.25, 0.3) is 0 Å². The zero-order chi connectivity index (χ0) is 18.9. The van der Waals surface area contributed by atoms with Gasteiger partial charge in [-0.05, 0) is 31.0 Å². The molecule has 26 heavy (non-hydrogen) atoms. The third-order valence-corrected chi connectivity index (χ3v) is 4.94. The Kier molecular flexibility index (Phi) is 7.60. The molecule has 1 amide bonds. The summed E-state index contributed by atoms with van der Waals surface area (Å²) in [5, 5.41) is 0. The van der Waals surface area contributed by atoms with Gasteiger partial charge in [0.05, 0.1) is 5.75 Å². The summed E-state index contributed by atoms with van der Waals surface area (Å²) in [4.78, 5) is 25.9. The number of amides is 1. The summed E-state index contributed by atoms with van der Waals surface area (Å²) in [5.74, 6) is -0.593. The Bertz CT molecular complexity index is 777. The van der Waals surface area contributed by atoms with Crippen molar-refractivity contribution in [2.24, 2.45) is 0 Å². The molecule has 2 aromatic rings. The first-order valence-electron chi connectivity index (χ1n) is 8.37. The quantitative estimate of drug-likeness (QED) is 0.373. The van der Waals surface area contributed by atoms with Crippen LogP contribution >= 0.6 is 11.8 Å². The van der Waals surface area contributed by atoms with Crippen molar-refractivity contribution in [3.05, 3.63) is 78.1 Å². The van der Waals surface area contributed by atoms with E-state index in [1.165, 1.54) is 13.0 Å². The van der Waals surface area contributed by atoms with Crippen LogP contribution in [0.4, 0.5) is 4.39 Å². The van der Waals surface area contributed by atoms with Gasteiger partial charge < -0.3 is 4.90 Å². The molecule has 0 saturated heterocycles. The van der Waals surface area contributed by atoms with Gasteiger partial charge in [-0.15, -0.1) is 18.3 Å². The van der Waals surface area contributed by atoms with Crippen molar-refractivity contribution in [1.82, 2.24) is 4.90 Å². The van der Waals surface area contributed by atoms with Crippen LogP contribution < -0.4 is 0 Å². The molecule has 0 heterocycles. The topological polar surface area (TPSA) is 37.4 Å². The van der Waals surface area contributed by atoms with E-state index in [4.69, 9.17) is 0 Å². The van der Waals surface area contributed by atoms with Gasteiger partial charge in [0.2, 0.25) is 5.91 Å². The fourth-order valence-corrected chi connectivity index (χ4v) is 3.27. The van der Waals surface area contributed by atoms with E-state index in [0.717, 1.165) is 23.7 Å². The Labute approximate surface area is 157 Å². The average Bonchev–Trinajstić information content (AvgIpc) is 2.64. The molecule has 0 radical (unpaired) electrons. The molecule has 3 nitrogen and oxygen atoms in total. The van der Waals surface area contributed by atoms with Crippen molar-refractivity contribution in [3.63, 3.8) is 0 Å². The molecular formula is C21H22FNO2S. The molecule has 0 atom stereocenters. The molecule has 0 aromatic heterocycles. The summed E-state index contributed by atoms with van der Waals surface area (Å²) >= 11 is 1.14. The smallest absolute Gasteiger partial charge is 0.233 e. The molecule has 2 aromatic carbocycles. The maximum Gasteiger partial charge on any atom is 0.233 e. The molecule has 0 aliphatic rings. The summed E-state index contributed by atoms with van der Waals surface area (Å²) in [6.45, 7) is 6.14. The maximum atomic E-state index is 14.1. The van der Waals surface area contributed by atoms with Crippen LogP contribution in [0, 0.1) is 5.82 Å². The lowest BCUT2D eigenvalue weighted by atomic mass is 10.1. The second-order valence-electron chi connectivity index (χ2n) is 5.85. The zero-order valence-corrected chi connectivity index (χ0v) is 15.6. The van der Waals surface area contributed by atoms with E-state index in [1.807, 2.05) is 30.3 Å². The first kappa shape index (κ1) is 19.9. The first-order chi connectivity index (χ1) is 12.5. The fraction of sp³-hybridized carbons (Fsp3) is 0.238. The van der Waals surface area contributed by atoms with Crippen LogP contribution in [-0.4, -0.2) is 35.4 Å². The van der Waals surface area contributed by atoms with Crippen LogP contribution in [0.15, 0.2) is 66.1 Å². The summed E-state index contributed by atoms with van der Waals surface area (Å²) in [6, 6.07) is 14.3. The van der Waals surface area contributed by atoms with E-state index in [2.05, 4.69) is 6.58 Å². The Balaban J connectivity index is 1.94. The number of carbonyl (C=O) groups is 2. The molecule has 0 aliphatic heterocycles. The third-order valence-electron chi connectivity index (χ3n) is 3.90. The number of carbonyl (C=O) groups excluding carboxylic acids is 2. The summed E-state index contributed by atoms with van der Waals surface area (Å²) in [6.07, 6.45) is 2.45. The molecular weight excluding hydrogens is 349 g/mol. The Morgan fingerprint density at radius 1 is 1.19 bits per heavy atom. The number of Topliss-reactive ketones (excluding diaryl/α,β-unsaturated/α-hetero) is 1. The van der Waals surface area contributed by atoms with Gasteiger partial charge in [0.15, 0.2) is 5.78 Å². The van der Waals surface area contributed by atoms with E-state index < -0.39 is 5.82 Å². The van der Waals surface area contributed by atoms with E-state index in [-0.39, 0.29) is 17.4 Å². The highest BCUT2D eigenvalue weighted by molar-refractivity contribution is 8.00. The summed E-state index contributed by atoms with van der Waals surface area (Å²) < 4.78 is 14.1. The highest BCUT2D eigenvalue weighted by Crippen LogP contribution is 2.23. The highest BCUT2D eigenvalue weighted by atomic mass is 32.2. The van der Waals surface area contributed by atoms with Gasteiger partial charge in [-0.1, -0.05) is 42.5 Å². The molecule has 0 N–H and O–H groups in total. The van der Waals surface area contributed by atoms with Gasteiger partial charge in [0.25, 0.3) is 0 Å². The molecule has 0 bridgehead atoms. The molecule has 0 aliphatic carbocycles. The van der Waals surface area contributed by atoms with Crippen LogP contribution in [0.2, 0.25) is 0 Å². The second kappa shape index (κ2) is 9.92. The van der Waals surface area contributed by atoms with E-state index in [1.54, 1.807) is 23.1 Å². The number of halogens is 1. The third kappa shape index (κ3) is 5.85. The average molecular weight is 371 g/mol. The number of thioether (sulfide) groups is 1. The van der Waals surface area contributed by atoms with Gasteiger partial charge in [-0.2, -0.15) is 0 Å². The van der Waals surface area contributed by atoms with Crippen molar-refractivity contribution in [2.75, 3.05) is 18.8 Å². The van der Waals surface area contributed by atoms with Crippen LogP contribution in [0.3, 0.4) is 0 Å². The Hall–Kier alpha value is -2.40. The minimum Gasteiger partial charge on any atom is -0.338 e. The molecule has 5 heteroatoms. The van der Waals surface area contributed by atoms with Crippen LogP contribution in [-0.2, 0) is 11.2 Å². The molecule has 0 unspecified atom stereocenters. The Morgan fingerprint density at radius 3 is 2.54 bits per heavy atom. The lowest BCUT2D eigenvalue weighted by Gasteiger charge is -2.21. The van der Waals surface area contributed by atoms with E-state index in [9.17, 15) is 14.0 Å². The number of hydrogen-bond donors (Lipinski definition) is 0. The van der Waals surface area contributed by atoms with Crippen molar-refractivity contribution >= 4 is 23.5 Å². The maximum absolute atomic E-state index is 14.1. The van der Waals surface area contributed by atoms with E-state index in [0.29, 0.717) is 23.5 Å². The molecule has 2 rings (SSSR count). The minimum absolute atomic E-state index is 0.0686. The number of ketones is 1. The normalized spacial score (nSPS) is 10.4. The standard InChI is InChI=1S/C21H22FNO2S/c1-3-12-23(13-11-17-7-5-4-6-8-17)21(25)15-26-20-10-9-18(16(2)24)14-19(20)22/h3-10,14H,1,11-13,15H2,2H3. The fourth-order valence-electron chi connectivity index (χ4n) is 2.45. The number of rotatable bonds is 9. The molecule has 0 fully saturated rings. The van der Waals surface area contributed by atoms with Crippen molar-refractivity contribution in [2.45, 2.75) is 18.2 Å². The SMILES string of the molecule is C=CCN(CCc1ccccc1)C(=O)CSc1ccc(C(C)=O)cc1F. The van der Waals surface area contributed by atoms with Gasteiger partial charge in [0.1, 0.15) is 5.82 Å². The van der Waals surface area contributed by atoms with Gasteiger partial charge in [0, 0.05) is 23.5 Å². The van der Waals surface area contributed by atoms with Crippen molar-refractivity contribution < 1.29 is 14.0 Å². The van der Waals surface area contributed by atoms with Crippen molar-refractivity contribution in [1.29, 1.82) is 0 Å². The van der Waals surface area contributed by atoms with Gasteiger partial charge in [-0.25, -0.2) is 4.39 Å². The second-order valence-corrected chi connectivity index (χ2v) is 6.87. The number of benzene rings is 2. The van der Waals surface area contributed by atoms with Crippen molar-refractivity contribution in [3.8, 4) is 0 Å². The predicted molar refractivity (Wildman–Crippen MR) is 104 cm³/mol. The summed E-state index contributed by atoms with van der Waals surface area (Å²) in [7, 11) is 0. The monoisotopic (exact) mass is 371 g/mol.